The predicted molar refractivity (Wildman–Crippen MR) is 130 cm³/mol. The fraction of sp³-hybridized carbons (Fsp3) is 0.667. The van der Waals surface area contributed by atoms with Crippen LogP contribution in [0.5, 0.6) is 0 Å². The molecule has 8 heteroatoms. The number of anilines is 1. The number of fused-ring (bicyclic) bond motifs is 1. The number of thiophene rings is 1. The Morgan fingerprint density at radius 3 is 2.75 bits per heavy atom. The largest absolute Gasteiger partial charge is 0.316 e. The van der Waals surface area contributed by atoms with E-state index in [1.54, 1.807) is 11.3 Å². The summed E-state index contributed by atoms with van der Waals surface area (Å²) in [5.74, 6) is 2.31. The Morgan fingerprint density at radius 2 is 2.06 bits per heavy atom. The van der Waals surface area contributed by atoms with Crippen LogP contribution in [-0.4, -0.2) is 26.4 Å². The number of amides is 1. The third-order valence-electron chi connectivity index (χ3n) is 7.57. The smallest absolute Gasteiger partial charge is 0.235 e. The minimum Gasteiger partial charge on any atom is -0.316 e. The highest BCUT2D eigenvalue weighted by molar-refractivity contribution is 7.99. The highest BCUT2D eigenvalue weighted by Gasteiger charge is 2.34. The molecule has 0 saturated heterocycles. The van der Waals surface area contributed by atoms with E-state index in [0.29, 0.717) is 27.8 Å². The summed E-state index contributed by atoms with van der Waals surface area (Å²) < 4.78 is 2.04. The molecule has 1 saturated carbocycles. The summed E-state index contributed by atoms with van der Waals surface area (Å²) in [4.78, 5) is 14.0. The number of carbonyl (C=O) groups is 1. The third-order valence-corrected chi connectivity index (χ3v) is 9.76. The normalized spacial score (nSPS) is 19.0. The second kappa shape index (κ2) is 9.56. The molecule has 2 aromatic rings. The van der Waals surface area contributed by atoms with Gasteiger partial charge >= 0.3 is 0 Å². The van der Waals surface area contributed by atoms with E-state index in [2.05, 4.69) is 42.4 Å². The first kappa shape index (κ1) is 23.3. The van der Waals surface area contributed by atoms with Crippen molar-refractivity contribution < 1.29 is 4.79 Å². The predicted octanol–water partition coefficient (Wildman–Crippen LogP) is 5.68. The van der Waals surface area contributed by atoms with Gasteiger partial charge in [-0.05, 0) is 49.0 Å². The summed E-state index contributed by atoms with van der Waals surface area (Å²) in [6, 6.07) is 2.36. The van der Waals surface area contributed by atoms with Gasteiger partial charge in [-0.15, -0.1) is 21.5 Å². The summed E-state index contributed by atoms with van der Waals surface area (Å²) in [5, 5.41) is 23.0. The van der Waals surface area contributed by atoms with E-state index in [9.17, 15) is 10.1 Å². The van der Waals surface area contributed by atoms with Gasteiger partial charge in [-0.3, -0.25) is 4.79 Å². The minimum absolute atomic E-state index is 0.0963. The van der Waals surface area contributed by atoms with E-state index in [0.717, 1.165) is 42.2 Å². The molecule has 1 N–H and O–H groups in total. The molecule has 1 atom stereocenters. The van der Waals surface area contributed by atoms with Crippen molar-refractivity contribution in [2.24, 2.45) is 18.4 Å². The molecule has 0 bridgehead atoms. The molecule has 2 aromatic heterocycles. The van der Waals surface area contributed by atoms with Crippen LogP contribution < -0.4 is 5.32 Å². The lowest BCUT2D eigenvalue weighted by molar-refractivity contribution is -0.113. The Morgan fingerprint density at radius 1 is 1.31 bits per heavy atom. The summed E-state index contributed by atoms with van der Waals surface area (Å²) in [7, 11) is 1.99. The zero-order valence-electron chi connectivity index (χ0n) is 19.5. The van der Waals surface area contributed by atoms with Gasteiger partial charge in [0.05, 0.1) is 11.3 Å². The summed E-state index contributed by atoms with van der Waals surface area (Å²) in [6.07, 6.45) is 9.04. The lowest BCUT2D eigenvalue weighted by atomic mass is 9.69. The quantitative estimate of drug-likeness (QED) is 0.525. The number of nitrogens with zero attached hydrogens (tertiary/aromatic N) is 4. The van der Waals surface area contributed by atoms with E-state index >= 15 is 0 Å². The van der Waals surface area contributed by atoms with Crippen molar-refractivity contribution in [3.05, 3.63) is 21.8 Å². The zero-order valence-corrected chi connectivity index (χ0v) is 21.2. The maximum absolute atomic E-state index is 12.7. The molecule has 172 valence electrons. The van der Waals surface area contributed by atoms with Crippen LogP contribution in [0.4, 0.5) is 5.00 Å². The van der Waals surface area contributed by atoms with Crippen LogP contribution in [0.3, 0.4) is 0 Å². The highest BCUT2D eigenvalue weighted by atomic mass is 32.2. The van der Waals surface area contributed by atoms with Gasteiger partial charge < -0.3 is 9.88 Å². The Labute approximate surface area is 199 Å². The van der Waals surface area contributed by atoms with Crippen LogP contribution in [0.25, 0.3) is 0 Å². The maximum atomic E-state index is 12.7. The summed E-state index contributed by atoms with van der Waals surface area (Å²) in [6.45, 7) is 6.93. The topological polar surface area (TPSA) is 83.6 Å². The van der Waals surface area contributed by atoms with E-state index < -0.39 is 0 Å². The highest BCUT2D eigenvalue weighted by Crippen LogP contribution is 2.45. The second-order valence-corrected chi connectivity index (χ2v) is 11.9. The van der Waals surface area contributed by atoms with Gasteiger partial charge in [0.2, 0.25) is 5.91 Å². The summed E-state index contributed by atoms with van der Waals surface area (Å²) in [5.41, 5.74) is 2.11. The molecule has 0 spiro atoms. The molecule has 2 aliphatic rings. The van der Waals surface area contributed by atoms with Crippen LogP contribution in [0.15, 0.2) is 5.16 Å². The van der Waals surface area contributed by atoms with Gasteiger partial charge in [0.15, 0.2) is 5.16 Å². The first-order valence-electron chi connectivity index (χ1n) is 11.7. The molecule has 2 aliphatic carbocycles. The van der Waals surface area contributed by atoms with Gasteiger partial charge in [-0.25, -0.2) is 0 Å². The van der Waals surface area contributed by atoms with Crippen molar-refractivity contribution in [2.75, 3.05) is 11.1 Å². The lowest BCUT2D eigenvalue weighted by Gasteiger charge is -2.36. The molecule has 4 rings (SSSR count). The average molecular weight is 472 g/mol. The molecule has 1 amide bonds. The van der Waals surface area contributed by atoms with Crippen LogP contribution in [-0.2, 0) is 24.7 Å². The van der Waals surface area contributed by atoms with E-state index in [-0.39, 0.29) is 11.7 Å². The molecule has 1 fully saturated rings. The number of hydrogen-bond acceptors (Lipinski definition) is 6. The molecular weight excluding hydrogens is 438 g/mol. The Kier molecular flexibility index (Phi) is 6.97. The fourth-order valence-electron chi connectivity index (χ4n) is 5.03. The van der Waals surface area contributed by atoms with Gasteiger partial charge in [-0.1, -0.05) is 51.8 Å². The number of aromatic nitrogens is 3. The molecule has 32 heavy (non-hydrogen) atoms. The van der Waals surface area contributed by atoms with E-state index in [4.69, 9.17) is 0 Å². The number of rotatable bonds is 7. The zero-order chi connectivity index (χ0) is 22.9. The molecular formula is C24H33N5OS2. The summed E-state index contributed by atoms with van der Waals surface area (Å²) >= 11 is 3.00. The van der Waals surface area contributed by atoms with Crippen LogP contribution >= 0.6 is 23.1 Å². The first-order valence-corrected chi connectivity index (χ1v) is 13.5. The maximum Gasteiger partial charge on any atom is 0.235 e. The number of nitrogens with one attached hydrogen (secondary N) is 1. The minimum atomic E-state index is -0.0963. The number of carbonyl (C=O) groups excluding carboxylic acids is 1. The van der Waals surface area contributed by atoms with E-state index in [1.807, 2.05) is 11.6 Å². The number of nitriles is 1. The Bertz CT molecular complexity index is 1030. The fourth-order valence-corrected chi connectivity index (χ4v) is 7.04. The van der Waals surface area contributed by atoms with Crippen LogP contribution in [0.1, 0.15) is 87.0 Å². The van der Waals surface area contributed by atoms with E-state index in [1.165, 1.54) is 42.3 Å². The SMILES string of the molecule is CCC(C)(C)C1CCc2c(sc(NC(=O)CSc3nnc(C4CCCC4)n3C)c2C#N)C1. The molecule has 2 heterocycles. The van der Waals surface area contributed by atoms with Crippen molar-refractivity contribution >= 4 is 34.0 Å². The van der Waals surface area contributed by atoms with Crippen molar-refractivity contribution in [2.45, 2.75) is 83.2 Å². The monoisotopic (exact) mass is 471 g/mol. The number of hydrogen-bond donors (Lipinski definition) is 1. The first-order chi connectivity index (χ1) is 15.3. The van der Waals surface area contributed by atoms with Crippen molar-refractivity contribution in [1.82, 2.24) is 14.8 Å². The van der Waals surface area contributed by atoms with Crippen LogP contribution in [0, 0.1) is 22.7 Å². The van der Waals surface area contributed by atoms with Gasteiger partial charge in [-0.2, -0.15) is 5.26 Å². The third kappa shape index (κ3) is 4.60. The standard InChI is InChI=1S/C24H33N5OS2/c1-5-24(2,3)16-10-11-17-18(13-25)22(32-19(17)12-16)26-20(30)14-31-23-28-27-21(29(23)4)15-8-6-7-9-15/h15-16H,5-12,14H2,1-4H3,(H,26,30). The van der Waals surface area contributed by atoms with Gasteiger partial charge in [0.1, 0.15) is 16.9 Å². The molecule has 1 unspecified atom stereocenters. The van der Waals surface area contributed by atoms with Gasteiger partial charge in [0.25, 0.3) is 0 Å². The lowest BCUT2D eigenvalue weighted by Crippen LogP contribution is -2.28. The van der Waals surface area contributed by atoms with Crippen LogP contribution in [0.2, 0.25) is 0 Å². The average Bonchev–Trinajstić information content (AvgIpc) is 3.50. The van der Waals surface area contributed by atoms with Crippen molar-refractivity contribution in [3.63, 3.8) is 0 Å². The molecule has 6 nitrogen and oxygen atoms in total. The van der Waals surface area contributed by atoms with Crippen molar-refractivity contribution in [1.29, 1.82) is 5.26 Å². The number of thioether (sulfide) groups is 1. The molecule has 0 aliphatic heterocycles. The van der Waals surface area contributed by atoms with Crippen molar-refractivity contribution in [3.8, 4) is 6.07 Å². The Hall–Kier alpha value is -1.85. The van der Waals surface area contributed by atoms with Gasteiger partial charge in [0, 0.05) is 17.8 Å². The second-order valence-electron chi connectivity index (χ2n) is 9.82. The molecule has 0 aromatic carbocycles. The Balaban J connectivity index is 1.41. The molecule has 0 radical (unpaired) electrons.